The number of nitrogens with zero attached hydrogens (tertiary/aromatic N) is 2. The van der Waals surface area contributed by atoms with Crippen LogP contribution in [0.1, 0.15) is 16.2 Å². The number of carbonyl (C=O) groups is 1. The van der Waals surface area contributed by atoms with E-state index in [1.807, 2.05) is 0 Å². The van der Waals surface area contributed by atoms with Crippen molar-refractivity contribution in [3.63, 3.8) is 0 Å². The fourth-order valence-corrected chi connectivity index (χ4v) is 1.44. The number of hydrogen-bond acceptors (Lipinski definition) is 3. The molecule has 2 aromatic rings. The van der Waals surface area contributed by atoms with Crippen LogP contribution < -0.4 is 0 Å². The summed E-state index contributed by atoms with van der Waals surface area (Å²) in [5.41, 5.74) is 0.335. The molecule has 72 valence electrons. The lowest BCUT2D eigenvalue weighted by Gasteiger charge is -1.98. The molecule has 0 spiro atoms. The molecule has 0 aliphatic carbocycles. The van der Waals surface area contributed by atoms with Crippen molar-refractivity contribution in [2.75, 3.05) is 0 Å². The minimum atomic E-state index is -0.264. The minimum absolute atomic E-state index is 0.260. The van der Waals surface area contributed by atoms with Gasteiger partial charge in [0.1, 0.15) is 5.69 Å². The van der Waals surface area contributed by atoms with Crippen molar-refractivity contribution < 1.29 is 9.21 Å². The molecule has 0 bridgehead atoms. The van der Waals surface area contributed by atoms with Gasteiger partial charge in [-0.15, -0.1) is 0 Å². The summed E-state index contributed by atoms with van der Waals surface area (Å²) >= 11 is 5.81. The normalized spacial score (nSPS) is 10.4. The first-order valence-corrected chi connectivity index (χ1v) is 4.33. The molecule has 2 heterocycles. The number of hydrogen-bond donors (Lipinski definition) is 0. The van der Waals surface area contributed by atoms with Crippen LogP contribution in [0.3, 0.4) is 0 Å². The second-order valence-electron chi connectivity index (χ2n) is 2.77. The van der Waals surface area contributed by atoms with Crippen molar-refractivity contribution in [1.82, 2.24) is 9.78 Å². The summed E-state index contributed by atoms with van der Waals surface area (Å²) in [6.07, 6.45) is 2.87. The fraction of sp³-hybridized carbons (Fsp3) is 0.111. The average Bonchev–Trinajstić information content (AvgIpc) is 2.75. The molecule has 0 aromatic carbocycles. The molecule has 0 saturated heterocycles. The van der Waals surface area contributed by atoms with Crippen molar-refractivity contribution in [3.05, 3.63) is 41.1 Å². The Morgan fingerprint density at radius 3 is 2.93 bits per heavy atom. The van der Waals surface area contributed by atoms with Crippen molar-refractivity contribution >= 4 is 17.4 Å². The molecule has 0 amide bonds. The second-order valence-corrected chi connectivity index (χ2v) is 3.18. The molecular formula is C9H7ClN2O2. The van der Waals surface area contributed by atoms with Crippen LogP contribution in [0.25, 0.3) is 0 Å². The van der Waals surface area contributed by atoms with E-state index in [1.54, 1.807) is 19.2 Å². The van der Waals surface area contributed by atoms with Gasteiger partial charge in [0.05, 0.1) is 17.5 Å². The molecular weight excluding hydrogens is 204 g/mol. The Balaban J connectivity index is 2.46. The van der Waals surface area contributed by atoms with Gasteiger partial charge in [0.2, 0.25) is 5.78 Å². The van der Waals surface area contributed by atoms with Crippen molar-refractivity contribution in [2.24, 2.45) is 7.05 Å². The Morgan fingerprint density at radius 1 is 1.64 bits per heavy atom. The Bertz CT molecular complexity index is 440. The molecule has 0 radical (unpaired) electrons. The van der Waals surface area contributed by atoms with Gasteiger partial charge in [0.25, 0.3) is 0 Å². The highest BCUT2D eigenvalue weighted by Crippen LogP contribution is 2.18. The molecule has 0 unspecified atom stereocenters. The standard InChI is InChI=1S/C9H7ClN2O2/c1-12-8(6(10)5-11-12)9(13)7-3-2-4-14-7/h2-5H,1H3. The Morgan fingerprint density at radius 2 is 2.43 bits per heavy atom. The number of halogens is 1. The van der Waals surface area contributed by atoms with E-state index in [0.717, 1.165) is 0 Å². The number of ketones is 1. The van der Waals surface area contributed by atoms with Gasteiger partial charge in [-0.3, -0.25) is 9.48 Å². The lowest BCUT2D eigenvalue weighted by atomic mass is 10.2. The number of carbonyl (C=O) groups excluding carboxylic acids is 1. The average molecular weight is 211 g/mol. The Labute approximate surface area is 85.1 Å². The van der Waals surface area contributed by atoms with Crippen LogP contribution in [0.2, 0.25) is 5.02 Å². The van der Waals surface area contributed by atoms with E-state index in [9.17, 15) is 4.79 Å². The van der Waals surface area contributed by atoms with Gasteiger partial charge in [-0.1, -0.05) is 11.6 Å². The summed E-state index contributed by atoms with van der Waals surface area (Å²) in [7, 11) is 1.65. The highest BCUT2D eigenvalue weighted by atomic mass is 35.5. The molecule has 2 rings (SSSR count). The third-order valence-corrected chi connectivity index (χ3v) is 2.13. The first-order chi connectivity index (χ1) is 6.70. The van der Waals surface area contributed by atoms with E-state index in [0.29, 0.717) is 10.7 Å². The molecule has 14 heavy (non-hydrogen) atoms. The summed E-state index contributed by atoms with van der Waals surface area (Å²) < 4.78 is 6.40. The maximum atomic E-state index is 11.8. The third kappa shape index (κ3) is 1.33. The largest absolute Gasteiger partial charge is 0.461 e. The molecule has 5 heteroatoms. The van der Waals surface area contributed by atoms with Crippen LogP contribution in [0.15, 0.2) is 29.0 Å². The monoisotopic (exact) mass is 210 g/mol. The van der Waals surface area contributed by atoms with Gasteiger partial charge in [-0.05, 0) is 12.1 Å². The number of aryl methyl sites for hydroxylation is 1. The second kappa shape index (κ2) is 3.31. The smallest absolute Gasteiger partial charge is 0.247 e. The molecule has 0 aliphatic heterocycles. The fourth-order valence-electron chi connectivity index (χ4n) is 1.19. The van der Waals surface area contributed by atoms with E-state index in [1.165, 1.54) is 17.1 Å². The van der Waals surface area contributed by atoms with Crippen LogP contribution in [0.4, 0.5) is 0 Å². The highest BCUT2D eigenvalue weighted by Gasteiger charge is 2.19. The summed E-state index contributed by atoms with van der Waals surface area (Å²) in [5, 5.41) is 4.20. The lowest BCUT2D eigenvalue weighted by Crippen LogP contribution is -2.07. The number of aromatic nitrogens is 2. The minimum Gasteiger partial charge on any atom is -0.461 e. The van der Waals surface area contributed by atoms with Crippen molar-refractivity contribution in [2.45, 2.75) is 0 Å². The van der Waals surface area contributed by atoms with Gasteiger partial charge < -0.3 is 4.42 Å². The molecule has 0 aliphatic rings. The van der Waals surface area contributed by atoms with Gasteiger partial charge >= 0.3 is 0 Å². The summed E-state index contributed by atoms with van der Waals surface area (Å²) in [6, 6.07) is 3.24. The molecule has 0 N–H and O–H groups in total. The first-order valence-electron chi connectivity index (χ1n) is 3.96. The summed E-state index contributed by atoms with van der Waals surface area (Å²) in [5.74, 6) is -0.00417. The maximum absolute atomic E-state index is 11.8. The van der Waals surface area contributed by atoms with Crippen molar-refractivity contribution in [1.29, 1.82) is 0 Å². The van der Waals surface area contributed by atoms with Gasteiger partial charge in [-0.25, -0.2) is 0 Å². The topological polar surface area (TPSA) is 48.0 Å². The van der Waals surface area contributed by atoms with Crippen LogP contribution in [0, 0.1) is 0 Å². The predicted octanol–water partition coefficient (Wildman–Crippen LogP) is 1.90. The van der Waals surface area contributed by atoms with Gasteiger partial charge in [0, 0.05) is 7.05 Å². The zero-order chi connectivity index (χ0) is 10.1. The lowest BCUT2D eigenvalue weighted by molar-refractivity contribution is 0.100. The Kier molecular flexibility index (Phi) is 2.13. The van der Waals surface area contributed by atoms with E-state index >= 15 is 0 Å². The molecule has 0 saturated carbocycles. The molecule has 0 atom stereocenters. The van der Waals surface area contributed by atoms with Crippen LogP contribution in [-0.2, 0) is 7.05 Å². The van der Waals surface area contributed by atoms with E-state index in [2.05, 4.69) is 5.10 Å². The van der Waals surface area contributed by atoms with E-state index in [-0.39, 0.29) is 11.5 Å². The van der Waals surface area contributed by atoms with Crippen LogP contribution in [0.5, 0.6) is 0 Å². The van der Waals surface area contributed by atoms with Crippen LogP contribution >= 0.6 is 11.6 Å². The molecule has 2 aromatic heterocycles. The SMILES string of the molecule is Cn1ncc(Cl)c1C(=O)c1ccco1. The highest BCUT2D eigenvalue weighted by molar-refractivity contribution is 6.34. The summed E-state index contributed by atoms with van der Waals surface area (Å²) in [4.78, 5) is 11.8. The Hall–Kier alpha value is -1.55. The first kappa shape index (κ1) is 9.02. The summed E-state index contributed by atoms with van der Waals surface area (Å²) in [6.45, 7) is 0. The van der Waals surface area contributed by atoms with Crippen LogP contribution in [-0.4, -0.2) is 15.6 Å². The zero-order valence-electron chi connectivity index (χ0n) is 7.40. The molecule has 4 nitrogen and oxygen atoms in total. The quantitative estimate of drug-likeness (QED) is 0.712. The maximum Gasteiger partial charge on any atom is 0.247 e. The third-order valence-electron chi connectivity index (χ3n) is 1.85. The van der Waals surface area contributed by atoms with Crippen molar-refractivity contribution in [3.8, 4) is 0 Å². The number of furan rings is 1. The van der Waals surface area contributed by atoms with E-state index in [4.69, 9.17) is 16.0 Å². The van der Waals surface area contributed by atoms with Gasteiger partial charge in [-0.2, -0.15) is 5.10 Å². The van der Waals surface area contributed by atoms with Gasteiger partial charge in [0.15, 0.2) is 5.76 Å². The zero-order valence-corrected chi connectivity index (χ0v) is 8.15. The predicted molar refractivity (Wildman–Crippen MR) is 50.4 cm³/mol. The molecule has 0 fully saturated rings. The van der Waals surface area contributed by atoms with E-state index < -0.39 is 0 Å². The number of rotatable bonds is 2.